The molecule has 3 heterocycles. The maximum atomic E-state index is 13.0. The van der Waals surface area contributed by atoms with E-state index in [-0.39, 0.29) is 23.1 Å². The van der Waals surface area contributed by atoms with Gasteiger partial charge in [0.1, 0.15) is 5.65 Å². The van der Waals surface area contributed by atoms with Gasteiger partial charge < -0.3 is 5.32 Å². The zero-order valence-corrected chi connectivity index (χ0v) is 12.0. The highest BCUT2D eigenvalue weighted by molar-refractivity contribution is 5.55. The van der Waals surface area contributed by atoms with Gasteiger partial charge in [0.05, 0.1) is 12.3 Å². The van der Waals surface area contributed by atoms with Gasteiger partial charge in [0, 0.05) is 24.5 Å². The third-order valence-electron chi connectivity index (χ3n) is 2.92. The number of imidazole rings is 1. The molecule has 3 aromatic heterocycles. The van der Waals surface area contributed by atoms with Crippen LogP contribution in [0, 0.1) is 0 Å². The average molecular weight is 366 g/mol. The second kappa shape index (κ2) is 5.91. The first kappa shape index (κ1) is 17.0. The molecule has 134 valence electrons. The van der Waals surface area contributed by atoms with Crippen LogP contribution in [0.4, 0.5) is 38.1 Å². The lowest BCUT2D eigenvalue weighted by Crippen LogP contribution is -2.12. The molecule has 13 heteroatoms. The second-order valence-electron chi connectivity index (χ2n) is 4.74. The van der Waals surface area contributed by atoms with Crippen LogP contribution in [-0.4, -0.2) is 30.9 Å². The van der Waals surface area contributed by atoms with Crippen molar-refractivity contribution in [1.29, 1.82) is 0 Å². The number of aromatic nitrogens is 5. The highest BCUT2D eigenvalue weighted by Crippen LogP contribution is 2.30. The number of fused-ring (bicyclic) bond motifs is 1. The summed E-state index contributed by atoms with van der Waals surface area (Å²) in [4.78, 5) is 7.15. The minimum Gasteiger partial charge on any atom is -0.308 e. The Labute approximate surface area is 134 Å². The quantitative estimate of drug-likeness (QED) is 0.693. The molecule has 0 atom stereocenters. The number of aromatic amines is 1. The number of hydrogen-bond acceptors (Lipinski definition) is 5. The number of nitrogens with zero attached hydrogens (tertiary/aromatic N) is 4. The van der Waals surface area contributed by atoms with Crippen molar-refractivity contribution in [1.82, 2.24) is 24.6 Å². The first-order valence-electron chi connectivity index (χ1n) is 6.55. The molecular weight excluding hydrogens is 358 g/mol. The molecule has 0 saturated heterocycles. The molecule has 0 amide bonds. The second-order valence-corrected chi connectivity index (χ2v) is 4.74. The summed E-state index contributed by atoms with van der Waals surface area (Å²) in [5, 5.41) is 8.71. The predicted octanol–water partition coefficient (Wildman–Crippen LogP) is 3.25. The lowest BCUT2D eigenvalue weighted by Gasteiger charge is -2.10. The van der Waals surface area contributed by atoms with Gasteiger partial charge in [0.25, 0.3) is 0 Å². The Morgan fingerprint density at radius 1 is 1.16 bits per heavy atom. The number of anilines is 2. The fourth-order valence-corrected chi connectivity index (χ4v) is 1.94. The maximum Gasteiger partial charge on any atom is 0.522 e. The smallest absolute Gasteiger partial charge is 0.308 e. The largest absolute Gasteiger partial charge is 0.522 e. The van der Waals surface area contributed by atoms with Crippen molar-refractivity contribution in [2.24, 2.45) is 0 Å². The molecule has 0 spiro atoms. The molecule has 0 aliphatic carbocycles. The third-order valence-corrected chi connectivity index (χ3v) is 2.92. The lowest BCUT2D eigenvalue weighted by atomic mass is 10.4. The van der Waals surface area contributed by atoms with E-state index in [4.69, 9.17) is 0 Å². The summed E-state index contributed by atoms with van der Waals surface area (Å²) in [5.41, 5.74) is -1.73. The van der Waals surface area contributed by atoms with Crippen molar-refractivity contribution in [2.45, 2.75) is 19.1 Å². The first-order chi connectivity index (χ1) is 11.6. The van der Waals surface area contributed by atoms with E-state index in [0.29, 0.717) is 6.07 Å². The van der Waals surface area contributed by atoms with Crippen molar-refractivity contribution in [3.8, 4) is 0 Å². The van der Waals surface area contributed by atoms with Crippen molar-refractivity contribution in [2.75, 3.05) is 5.32 Å². The van der Waals surface area contributed by atoms with Crippen LogP contribution in [0.5, 0.6) is 0 Å². The zero-order chi connectivity index (χ0) is 18.2. The van der Waals surface area contributed by atoms with E-state index >= 15 is 0 Å². The van der Waals surface area contributed by atoms with Crippen LogP contribution >= 0.6 is 0 Å². The lowest BCUT2D eigenvalue weighted by molar-refractivity contribution is -0.330. The number of ether oxygens (including phenoxy) is 1. The van der Waals surface area contributed by atoms with Crippen LogP contribution in [-0.2, 0) is 17.5 Å². The van der Waals surface area contributed by atoms with Gasteiger partial charge >= 0.3 is 12.5 Å². The summed E-state index contributed by atoms with van der Waals surface area (Å²) in [6.07, 6.45) is -7.15. The molecule has 0 bridgehead atoms. The predicted molar refractivity (Wildman–Crippen MR) is 70.7 cm³/mol. The summed E-state index contributed by atoms with van der Waals surface area (Å²) >= 11 is 0. The molecule has 0 unspecified atom stereocenters. The van der Waals surface area contributed by atoms with E-state index in [1.165, 1.54) is 12.3 Å². The van der Waals surface area contributed by atoms with Crippen LogP contribution < -0.4 is 5.32 Å². The minimum absolute atomic E-state index is 0.162. The first-order valence-corrected chi connectivity index (χ1v) is 6.55. The molecule has 2 N–H and O–H groups in total. The molecule has 3 aromatic rings. The topological polar surface area (TPSA) is 80.1 Å². The van der Waals surface area contributed by atoms with Crippen LogP contribution in [0.2, 0.25) is 0 Å². The maximum absolute atomic E-state index is 13.0. The highest BCUT2D eigenvalue weighted by atomic mass is 19.4. The van der Waals surface area contributed by atoms with E-state index in [1.807, 2.05) is 0 Å². The fraction of sp³-hybridized carbons (Fsp3) is 0.250. The molecule has 0 fully saturated rings. The Kier molecular flexibility index (Phi) is 4.02. The van der Waals surface area contributed by atoms with E-state index in [1.54, 1.807) is 0 Å². The molecule has 0 saturated carbocycles. The SMILES string of the molecule is FC(F)(F)OCc1cn2c(Nc3cc[nH]n3)nc(C(F)(F)F)cc2n1. The van der Waals surface area contributed by atoms with Gasteiger partial charge in [-0.1, -0.05) is 0 Å². The van der Waals surface area contributed by atoms with Gasteiger partial charge in [0.2, 0.25) is 5.95 Å². The van der Waals surface area contributed by atoms with Crippen LogP contribution in [0.25, 0.3) is 5.65 Å². The highest BCUT2D eigenvalue weighted by Gasteiger charge is 2.34. The van der Waals surface area contributed by atoms with Crippen molar-refractivity contribution >= 4 is 17.4 Å². The van der Waals surface area contributed by atoms with Gasteiger partial charge in [-0.2, -0.15) is 18.3 Å². The van der Waals surface area contributed by atoms with Gasteiger partial charge in [0.15, 0.2) is 11.5 Å². The van der Waals surface area contributed by atoms with Gasteiger partial charge in [-0.05, 0) is 0 Å². The van der Waals surface area contributed by atoms with Crippen molar-refractivity contribution < 1.29 is 31.1 Å². The van der Waals surface area contributed by atoms with Gasteiger partial charge in [-0.3, -0.25) is 14.2 Å². The number of H-pyrrole nitrogens is 1. The number of hydrogen-bond donors (Lipinski definition) is 2. The minimum atomic E-state index is -4.89. The monoisotopic (exact) mass is 366 g/mol. The fourth-order valence-electron chi connectivity index (χ4n) is 1.94. The normalized spacial score (nSPS) is 12.7. The molecule has 0 aromatic carbocycles. The van der Waals surface area contributed by atoms with E-state index in [2.05, 4.69) is 30.2 Å². The van der Waals surface area contributed by atoms with Crippen molar-refractivity contribution in [3.05, 3.63) is 35.9 Å². The number of alkyl halides is 6. The van der Waals surface area contributed by atoms with Crippen LogP contribution in [0.1, 0.15) is 11.4 Å². The molecule has 0 aliphatic heterocycles. The van der Waals surface area contributed by atoms with E-state index in [9.17, 15) is 26.3 Å². The molecule has 0 radical (unpaired) electrons. The van der Waals surface area contributed by atoms with Crippen LogP contribution in [0.3, 0.4) is 0 Å². The van der Waals surface area contributed by atoms with Crippen molar-refractivity contribution in [3.63, 3.8) is 0 Å². The Morgan fingerprint density at radius 2 is 1.92 bits per heavy atom. The van der Waals surface area contributed by atoms with E-state index in [0.717, 1.165) is 10.6 Å². The van der Waals surface area contributed by atoms with E-state index < -0.39 is 24.8 Å². The molecular formula is C12H8F6N6O. The Bertz CT molecular complexity index is 869. The molecule has 0 aliphatic rings. The molecule has 25 heavy (non-hydrogen) atoms. The molecule has 3 rings (SSSR count). The Morgan fingerprint density at radius 3 is 2.52 bits per heavy atom. The number of halogens is 6. The van der Waals surface area contributed by atoms with Gasteiger partial charge in [-0.25, -0.2) is 9.97 Å². The summed E-state index contributed by atoms with van der Waals surface area (Å²) < 4.78 is 79.9. The Balaban J connectivity index is 2.02. The summed E-state index contributed by atoms with van der Waals surface area (Å²) in [7, 11) is 0. The standard InChI is InChI=1S/C12H8F6N6O/c13-11(14,15)7-3-9-20-6(5-25-12(16,17)18)4-24(9)10(21-7)22-8-1-2-19-23-8/h1-4H,5H2,(H2,19,21,22,23). The average Bonchev–Trinajstić information content (AvgIpc) is 3.12. The zero-order valence-electron chi connectivity index (χ0n) is 12.0. The summed E-state index contributed by atoms with van der Waals surface area (Å²) in [6.45, 7) is -0.950. The summed E-state index contributed by atoms with van der Waals surface area (Å²) in [5.74, 6) is -0.155. The third kappa shape index (κ3) is 3.99. The summed E-state index contributed by atoms with van der Waals surface area (Å²) in [6, 6.07) is 2.05. The number of rotatable bonds is 4. The number of nitrogens with one attached hydrogen (secondary N) is 2. The Hall–Kier alpha value is -2.83. The molecule has 7 nitrogen and oxygen atoms in total. The van der Waals surface area contributed by atoms with Crippen LogP contribution in [0.15, 0.2) is 24.5 Å². The van der Waals surface area contributed by atoms with Gasteiger partial charge in [-0.15, -0.1) is 13.2 Å².